The molecule has 0 saturated carbocycles. The van der Waals surface area contributed by atoms with E-state index in [0.29, 0.717) is 16.8 Å². The molecule has 0 aliphatic rings. The smallest absolute Gasteiger partial charge is 0.167 e. The van der Waals surface area contributed by atoms with Gasteiger partial charge >= 0.3 is 0 Å². The molecule has 0 unspecified atom stereocenters. The van der Waals surface area contributed by atoms with Crippen molar-refractivity contribution in [3.8, 4) is 0 Å². The van der Waals surface area contributed by atoms with Gasteiger partial charge in [-0.2, -0.15) is 0 Å². The molecule has 0 saturated heterocycles. The van der Waals surface area contributed by atoms with Gasteiger partial charge in [-0.25, -0.2) is 8.78 Å². The zero-order chi connectivity index (χ0) is 13.1. The molecular formula is C14H11F2NO. The average molecular weight is 247 g/mol. The number of Topliss-reactive ketones (excluding diaryl/α,β-unsaturated/α-hetero) is 1. The van der Waals surface area contributed by atoms with Gasteiger partial charge in [-0.15, -0.1) is 0 Å². The molecule has 0 bridgehead atoms. The summed E-state index contributed by atoms with van der Waals surface area (Å²) in [7, 11) is 0. The van der Waals surface area contributed by atoms with Crippen molar-refractivity contribution < 1.29 is 13.6 Å². The van der Waals surface area contributed by atoms with Crippen molar-refractivity contribution in [1.29, 1.82) is 0 Å². The third kappa shape index (κ3) is 2.71. The number of anilines is 1. The molecule has 0 fully saturated rings. The van der Waals surface area contributed by atoms with Crippen LogP contribution in [0.1, 0.15) is 15.9 Å². The predicted molar refractivity (Wildman–Crippen MR) is 65.2 cm³/mol. The van der Waals surface area contributed by atoms with Crippen molar-refractivity contribution in [2.24, 2.45) is 0 Å². The van der Waals surface area contributed by atoms with E-state index in [0.717, 1.165) is 12.1 Å². The van der Waals surface area contributed by atoms with Crippen molar-refractivity contribution in [2.75, 3.05) is 5.73 Å². The van der Waals surface area contributed by atoms with Crippen LogP contribution in [0.4, 0.5) is 14.5 Å². The topological polar surface area (TPSA) is 43.1 Å². The van der Waals surface area contributed by atoms with Gasteiger partial charge in [-0.05, 0) is 42.0 Å². The van der Waals surface area contributed by atoms with Crippen LogP contribution in [0.25, 0.3) is 0 Å². The zero-order valence-corrected chi connectivity index (χ0v) is 9.49. The molecule has 0 amide bonds. The molecule has 2 rings (SSSR count). The summed E-state index contributed by atoms with van der Waals surface area (Å²) < 4.78 is 25.7. The molecule has 2 aromatic carbocycles. The Balaban J connectivity index is 2.16. The van der Waals surface area contributed by atoms with Gasteiger partial charge in [-0.1, -0.05) is 6.07 Å². The molecule has 92 valence electrons. The van der Waals surface area contributed by atoms with Crippen LogP contribution in [0.3, 0.4) is 0 Å². The second-order valence-electron chi connectivity index (χ2n) is 3.97. The van der Waals surface area contributed by atoms with Gasteiger partial charge in [0.1, 0.15) is 0 Å². The van der Waals surface area contributed by atoms with Crippen LogP contribution in [0.2, 0.25) is 0 Å². The first-order valence-electron chi connectivity index (χ1n) is 5.39. The molecule has 0 aliphatic heterocycles. The van der Waals surface area contributed by atoms with Crippen LogP contribution in [0.5, 0.6) is 0 Å². The third-order valence-corrected chi connectivity index (χ3v) is 2.58. The standard InChI is InChI=1S/C14H11F2NO/c15-12-6-1-9(7-13(12)16)8-14(18)10-2-4-11(17)5-3-10/h1-7H,8,17H2. The molecule has 4 heteroatoms. The van der Waals surface area contributed by atoms with Gasteiger partial charge in [-0.3, -0.25) is 4.79 Å². The molecule has 0 atom stereocenters. The van der Waals surface area contributed by atoms with Crippen LogP contribution in [0.15, 0.2) is 42.5 Å². The fraction of sp³-hybridized carbons (Fsp3) is 0.0714. The Morgan fingerprint density at radius 3 is 2.28 bits per heavy atom. The van der Waals surface area contributed by atoms with Gasteiger partial charge in [0.25, 0.3) is 0 Å². The van der Waals surface area contributed by atoms with Crippen LogP contribution >= 0.6 is 0 Å². The maximum absolute atomic E-state index is 13.0. The molecule has 0 heterocycles. The summed E-state index contributed by atoms with van der Waals surface area (Å²) in [5.74, 6) is -2.03. The molecule has 0 aliphatic carbocycles. The van der Waals surface area contributed by atoms with Gasteiger partial charge in [0.05, 0.1) is 0 Å². The number of benzene rings is 2. The maximum Gasteiger partial charge on any atom is 0.167 e. The van der Waals surface area contributed by atoms with E-state index in [1.54, 1.807) is 24.3 Å². The van der Waals surface area contributed by atoms with Crippen molar-refractivity contribution >= 4 is 11.5 Å². The Kier molecular flexibility index (Phi) is 3.37. The van der Waals surface area contributed by atoms with E-state index in [4.69, 9.17) is 5.73 Å². The van der Waals surface area contributed by atoms with Crippen LogP contribution in [-0.4, -0.2) is 5.78 Å². The fourth-order valence-corrected chi connectivity index (χ4v) is 1.61. The number of halogens is 2. The largest absolute Gasteiger partial charge is 0.399 e. The number of nitrogens with two attached hydrogens (primary N) is 1. The van der Waals surface area contributed by atoms with E-state index in [1.165, 1.54) is 6.07 Å². The Bertz CT molecular complexity index is 579. The molecule has 0 aromatic heterocycles. The number of carbonyl (C=O) groups is 1. The quantitative estimate of drug-likeness (QED) is 0.669. The third-order valence-electron chi connectivity index (χ3n) is 2.58. The zero-order valence-electron chi connectivity index (χ0n) is 9.49. The molecule has 0 spiro atoms. The highest BCUT2D eigenvalue weighted by molar-refractivity contribution is 5.97. The van der Waals surface area contributed by atoms with Crippen molar-refractivity contribution in [2.45, 2.75) is 6.42 Å². The highest BCUT2D eigenvalue weighted by Crippen LogP contribution is 2.13. The second kappa shape index (κ2) is 4.96. The summed E-state index contributed by atoms with van der Waals surface area (Å²) in [6.45, 7) is 0. The van der Waals surface area contributed by atoms with Gasteiger partial charge < -0.3 is 5.73 Å². The second-order valence-corrected chi connectivity index (χ2v) is 3.97. The Hall–Kier alpha value is -2.23. The Morgan fingerprint density at radius 2 is 1.67 bits per heavy atom. The lowest BCUT2D eigenvalue weighted by Gasteiger charge is -2.03. The minimum atomic E-state index is -0.947. The fourth-order valence-electron chi connectivity index (χ4n) is 1.61. The number of hydrogen-bond donors (Lipinski definition) is 1. The normalized spacial score (nSPS) is 10.3. The van der Waals surface area contributed by atoms with Crippen molar-refractivity contribution in [1.82, 2.24) is 0 Å². The average Bonchev–Trinajstić information content (AvgIpc) is 2.34. The van der Waals surface area contributed by atoms with Crippen molar-refractivity contribution in [3.05, 3.63) is 65.2 Å². The summed E-state index contributed by atoms with van der Waals surface area (Å²) in [5, 5.41) is 0. The van der Waals surface area contributed by atoms with E-state index in [2.05, 4.69) is 0 Å². The van der Waals surface area contributed by atoms with Crippen LogP contribution in [0, 0.1) is 11.6 Å². The lowest BCUT2D eigenvalue weighted by Crippen LogP contribution is -2.04. The first-order chi connectivity index (χ1) is 8.56. The van der Waals surface area contributed by atoms with Crippen molar-refractivity contribution in [3.63, 3.8) is 0 Å². The number of hydrogen-bond acceptors (Lipinski definition) is 2. The summed E-state index contributed by atoms with van der Waals surface area (Å²) in [4.78, 5) is 11.9. The Morgan fingerprint density at radius 1 is 1.00 bits per heavy atom. The van der Waals surface area contributed by atoms with Crippen LogP contribution < -0.4 is 5.73 Å². The monoisotopic (exact) mass is 247 g/mol. The van der Waals surface area contributed by atoms with Crippen LogP contribution in [-0.2, 0) is 6.42 Å². The minimum absolute atomic E-state index is 0.0289. The van der Waals surface area contributed by atoms with Gasteiger partial charge in [0.15, 0.2) is 17.4 Å². The van der Waals surface area contributed by atoms with E-state index in [1.807, 2.05) is 0 Å². The predicted octanol–water partition coefficient (Wildman–Crippen LogP) is 2.97. The van der Waals surface area contributed by atoms with E-state index < -0.39 is 11.6 Å². The summed E-state index contributed by atoms with van der Waals surface area (Å²) in [5.41, 5.74) is 7.02. The number of nitrogen functional groups attached to an aromatic ring is 1. The van der Waals surface area contributed by atoms with Gasteiger partial charge in [0, 0.05) is 17.7 Å². The summed E-state index contributed by atoms with van der Waals surface area (Å²) in [6.07, 6.45) is 0.0289. The molecule has 2 aromatic rings. The highest BCUT2D eigenvalue weighted by Gasteiger charge is 2.09. The SMILES string of the molecule is Nc1ccc(C(=O)Cc2ccc(F)c(F)c2)cc1. The van der Waals surface area contributed by atoms with E-state index in [9.17, 15) is 13.6 Å². The van der Waals surface area contributed by atoms with E-state index >= 15 is 0 Å². The lowest BCUT2D eigenvalue weighted by molar-refractivity contribution is 0.0993. The summed E-state index contributed by atoms with van der Waals surface area (Å²) >= 11 is 0. The number of rotatable bonds is 3. The molecule has 2 N–H and O–H groups in total. The maximum atomic E-state index is 13.0. The molecule has 2 nitrogen and oxygen atoms in total. The molecule has 18 heavy (non-hydrogen) atoms. The first-order valence-corrected chi connectivity index (χ1v) is 5.39. The molecule has 0 radical (unpaired) electrons. The number of carbonyl (C=O) groups excluding carboxylic acids is 1. The highest BCUT2D eigenvalue weighted by atomic mass is 19.2. The van der Waals surface area contributed by atoms with Gasteiger partial charge in [0.2, 0.25) is 0 Å². The summed E-state index contributed by atoms with van der Waals surface area (Å²) in [6, 6.07) is 9.91. The number of ketones is 1. The Labute approximate surface area is 103 Å². The minimum Gasteiger partial charge on any atom is -0.399 e. The van der Waals surface area contributed by atoms with E-state index in [-0.39, 0.29) is 12.2 Å². The lowest BCUT2D eigenvalue weighted by atomic mass is 10.0. The first kappa shape index (κ1) is 12.2. The molecular weight excluding hydrogens is 236 g/mol.